The van der Waals surface area contributed by atoms with Gasteiger partial charge in [0.15, 0.2) is 5.76 Å². The van der Waals surface area contributed by atoms with Crippen LogP contribution in [0.25, 0.3) is 0 Å². The van der Waals surface area contributed by atoms with Crippen molar-refractivity contribution < 1.29 is 19.1 Å². The van der Waals surface area contributed by atoms with E-state index in [9.17, 15) is 9.90 Å². The highest BCUT2D eigenvalue weighted by atomic mass is 16.6. The minimum Gasteiger partial charge on any atom is -0.508 e. The van der Waals surface area contributed by atoms with Gasteiger partial charge in [0.05, 0.1) is 0 Å². The summed E-state index contributed by atoms with van der Waals surface area (Å²) in [6, 6.07) is 18.4. The SMILES string of the molecule is O=C(Nc1ccc(O)cc1)c1ccc(Oc2ccccc2)o1. The molecular formula is C17H13NO4. The predicted molar refractivity (Wildman–Crippen MR) is 81.3 cm³/mol. The Labute approximate surface area is 126 Å². The number of nitrogens with one attached hydrogen (secondary N) is 1. The van der Waals surface area contributed by atoms with Crippen LogP contribution in [0.1, 0.15) is 10.6 Å². The van der Waals surface area contributed by atoms with Crippen molar-refractivity contribution in [2.45, 2.75) is 0 Å². The Hall–Kier alpha value is -3.21. The minimum absolute atomic E-state index is 0.134. The smallest absolute Gasteiger partial charge is 0.291 e. The van der Waals surface area contributed by atoms with Crippen molar-refractivity contribution >= 4 is 11.6 Å². The van der Waals surface area contributed by atoms with Crippen molar-refractivity contribution in [1.29, 1.82) is 0 Å². The summed E-state index contributed by atoms with van der Waals surface area (Å²) in [7, 11) is 0. The molecule has 0 radical (unpaired) electrons. The molecule has 3 aromatic rings. The molecule has 0 fully saturated rings. The van der Waals surface area contributed by atoms with E-state index < -0.39 is 5.91 Å². The number of aromatic hydroxyl groups is 1. The topological polar surface area (TPSA) is 71.7 Å². The number of rotatable bonds is 4. The first-order valence-corrected chi connectivity index (χ1v) is 6.64. The van der Waals surface area contributed by atoms with Crippen molar-refractivity contribution in [2.75, 3.05) is 5.32 Å². The first-order valence-electron chi connectivity index (χ1n) is 6.64. The fraction of sp³-hybridized carbons (Fsp3) is 0. The lowest BCUT2D eigenvalue weighted by Crippen LogP contribution is -2.10. The standard InChI is InChI=1S/C17H13NO4/c19-13-8-6-12(7-9-13)18-17(20)15-10-11-16(22-15)21-14-4-2-1-3-5-14/h1-11,19H,(H,18,20). The molecule has 2 aromatic carbocycles. The first-order chi connectivity index (χ1) is 10.7. The van der Waals surface area contributed by atoms with Crippen LogP contribution >= 0.6 is 0 Å². The van der Waals surface area contributed by atoms with Crippen molar-refractivity contribution in [3.05, 3.63) is 72.5 Å². The fourth-order valence-corrected chi connectivity index (χ4v) is 1.84. The van der Waals surface area contributed by atoms with Gasteiger partial charge in [-0.25, -0.2) is 0 Å². The van der Waals surface area contributed by atoms with E-state index in [1.165, 1.54) is 18.2 Å². The van der Waals surface area contributed by atoms with E-state index in [0.717, 1.165) is 0 Å². The molecule has 1 heterocycles. The molecule has 5 heteroatoms. The number of anilines is 1. The molecular weight excluding hydrogens is 282 g/mol. The van der Waals surface area contributed by atoms with Gasteiger partial charge in [-0.15, -0.1) is 0 Å². The number of furan rings is 1. The molecule has 0 aliphatic carbocycles. The van der Waals surface area contributed by atoms with Crippen LogP contribution in [0.4, 0.5) is 5.69 Å². The van der Waals surface area contributed by atoms with Gasteiger partial charge >= 0.3 is 0 Å². The fourth-order valence-electron chi connectivity index (χ4n) is 1.84. The van der Waals surface area contributed by atoms with E-state index in [1.54, 1.807) is 30.3 Å². The number of para-hydroxylation sites is 1. The molecule has 0 atom stereocenters. The number of carbonyl (C=O) groups excluding carboxylic acids is 1. The Morgan fingerprint density at radius 2 is 1.68 bits per heavy atom. The third kappa shape index (κ3) is 3.27. The number of hydrogen-bond donors (Lipinski definition) is 2. The van der Waals surface area contributed by atoms with Crippen LogP contribution < -0.4 is 10.1 Å². The summed E-state index contributed by atoms with van der Waals surface area (Å²) < 4.78 is 10.9. The van der Waals surface area contributed by atoms with E-state index >= 15 is 0 Å². The van der Waals surface area contributed by atoms with Crippen LogP contribution in [0.5, 0.6) is 17.4 Å². The van der Waals surface area contributed by atoms with E-state index in [1.807, 2.05) is 18.2 Å². The molecule has 0 saturated heterocycles. The summed E-state index contributed by atoms with van der Waals surface area (Å²) in [5.74, 6) is 0.742. The van der Waals surface area contributed by atoms with Gasteiger partial charge in [-0.3, -0.25) is 4.79 Å². The van der Waals surface area contributed by atoms with E-state index in [0.29, 0.717) is 11.4 Å². The van der Waals surface area contributed by atoms with Crippen LogP contribution in [0.3, 0.4) is 0 Å². The second-order valence-corrected chi connectivity index (χ2v) is 4.53. The zero-order valence-corrected chi connectivity index (χ0v) is 11.5. The summed E-state index contributed by atoms with van der Waals surface area (Å²) in [5, 5.41) is 11.9. The first kappa shape index (κ1) is 13.8. The molecule has 1 aromatic heterocycles. The van der Waals surface area contributed by atoms with Crippen molar-refractivity contribution in [3.63, 3.8) is 0 Å². The third-order valence-electron chi connectivity index (χ3n) is 2.89. The molecule has 22 heavy (non-hydrogen) atoms. The highest BCUT2D eigenvalue weighted by Gasteiger charge is 2.12. The maximum atomic E-state index is 12.0. The van der Waals surface area contributed by atoms with Gasteiger partial charge in [0.25, 0.3) is 11.9 Å². The zero-order chi connectivity index (χ0) is 15.4. The molecule has 2 N–H and O–H groups in total. The van der Waals surface area contributed by atoms with Crippen LogP contribution in [-0.2, 0) is 0 Å². The zero-order valence-electron chi connectivity index (χ0n) is 11.5. The Balaban J connectivity index is 1.67. The van der Waals surface area contributed by atoms with Gasteiger partial charge in [-0.05, 0) is 42.5 Å². The monoisotopic (exact) mass is 295 g/mol. The summed E-state index contributed by atoms with van der Waals surface area (Å²) >= 11 is 0. The van der Waals surface area contributed by atoms with Gasteiger partial charge in [0, 0.05) is 11.8 Å². The van der Waals surface area contributed by atoms with Crippen LogP contribution in [0.2, 0.25) is 0 Å². The van der Waals surface area contributed by atoms with Crippen molar-refractivity contribution in [2.24, 2.45) is 0 Å². The average Bonchev–Trinajstić information content (AvgIpc) is 2.99. The molecule has 0 aliphatic rings. The Morgan fingerprint density at radius 3 is 2.41 bits per heavy atom. The lowest BCUT2D eigenvalue weighted by molar-refractivity contribution is 0.0992. The van der Waals surface area contributed by atoms with E-state index in [-0.39, 0.29) is 17.5 Å². The second kappa shape index (κ2) is 6.05. The highest BCUT2D eigenvalue weighted by Crippen LogP contribution is 2.24. The van der Waals surface area contributed by atoms with Gasteiger partial charge in [0.2, 0.25) is 0 Å². The Bertz CT molecular complexity index is 763. The van der Waals surface area contributed by atoms with E-state index in [4.69, 9.17) is 9.15 Å². The number of amides is 1. The summed E-state index contributed by atoms with van der Waals surface area (Å²) in [6.45, 7) is 0. The van der Waals surface area contributed by atoms with Gasteiger partial charge in [-0.1, -0.05) is 18.2 Å². The van der Waals surface area contributed by atoms with Gasteiger partial charge < -0.3 is 19.6 Å². The summed E-state index contributed by atoms with van der Waals surface area (Å²) in [6.07, 6.45) is 0. The van der Waals surface area contributed by atoms with Gasteiger partial charge in [-0.2, -0.15) is 0 Å². The molecule has 3 rings (SSSR count). The number of carbonyl (C=O) groups is 1. The lowest BCUT2D eigenvalue weighted by Gasteiger charge is -2.03. The highest BCUT2D eigenvalue weighted by molar-refractivity contribution is 6.02. The molecule has 0 bridgehead atoms. The third-order valence-corrected chi connectivity index (χ3v) is 2.89. The summed E-state index contributed by atoms with van der Waals surface area (Å²) in [5.41, 5.74) is 0.560. The lowest BCUT2D eigenvalue weighted by atomic mass is 10.3. The van der Waals surface area contributed by atoms with E-state index in [2.05, 4.69) is 5.32 Å². The number of phenolic OH excluding ortho intramolecular Hbond substituents is 1. The molecule has 1 amide bonds. The number of benzene rings is 2. The molecule has 110 valence electrons. The number of hydrogen-bond acceptors (Lipinski definition) is 4. The molecule has 0 spiro atoms. The maximum Gasteiger partial charge on any atom is 0.291 e. The van der Waals surface area contributed by atoms with Crippen LogP contribution in [0.15, 0.2) is 71.1 Å². The van der Waals surface area contributed by atoms with Crippen molar-refractivity contribution in [3.8, 4) is 17.4 Å². The average molecular weight is 295 g/mol. The Morgan fingerprint density at radius 1 is 0.955 bits per heavy atom. The largest absolute Gasteiger partial charge is 0.508 e. The molecule has 0 aliphatic heterocycles. The number of phenols is 1. The van der Waals surface area contributed by atoms with Crippen LogP contribution in [0, 0.1) is 0 Å². The van der Waals surface area contributed by atoms with Crippen molar-refractivity contribution in [1.82, 2.24) is 0 Å². The number of ether oxygens (including phenoxy) is 1. The Kier molecular flexibility index (Phi) is 3.78. The maximum absolute atomic E-state index is 12.0. The quantitative estimate of drug-likeness (QED) is 0.713. The van der Waals surface area contributed by atoms with Gasteiger partial charge in [0.1, 0.15) is 11.5 Å². The molecule has 0 saturated carbocycles. The normalized spacial score (nSPS) is 10.2. The van der Waals surface area contributed by atoms with Crippen LogP contribution in [-0.4, -0.2) is 11.0 Å². The second-order valence-electron chi connectivity index (χ2n) is 4.53. The summed E-state index contributed by atoms with van der Waals surface area (Å²) in [4.78, 5) is 12.0. The predicted octanol–water partition coefficient (Wildman–Crippen LogP) is 4.03. The molecule has 0 unspecified atom stereocenters. The molecule has 5 nitrogen and oxygen atoms in total. The minimum atomic E-state index is -0.395.